The number of benzene rings is 2. The van der Waals surface area contributed by atoms with Crippen molar-refractivity contribution < 1.29 is 9.53 Å². The molecule has 0 atom stereocenters. The molecule has 0 saturated heterocycles. The number of carbonyl (C=O) groups excluding carboxylic acids is 1. The van der Waals surface area contributed by atoms with Crippen LogP contribution in [0.4, 0.5) is 0 Å². The molecule has 0 heterocycles. The molecule has 0 aromatic heterocycles. The Labute approximate surface area is 100 Å². The summed E-state index contributed by atoms with van der Waals surface area (Å²) < 4.78 is 5.42. The predicted molar refractivity (Wildman–Crippen MR) is 67.5 cm³/mol. The fraction of sp³-hybridized carbons (Fsp3) is 0.267. The van der Waals surface area contributed by atoms with Crippen LogP contribution in [0.5, 0.6) is 5.75 Å². The lowest BCUT2D eigenvalue weighted by Gasteiger charge is -2.19. The summed E-state index contributed by atoms with van der Waals surface area (Å²) in [4.78, 5) is 11.5. The largest absolute Gasteiger partial charge is 0.496 e. The van der Waals surface area contributed by atoms with Gasteiger partial charge in [0.05, 0.1) is 7.11 Å². The van der Waals surface area contributed by atoms with Gasteiger partial charge in [0.15, 0.2) is 0 Å². The smallest absolute Gasteiger partial charge is 0.137 e. The van der Waals surface area contributed by atoms with E-state index in [0.29, 0.717) is 18.6 Å². The van der Waals surface area contributed by atoms with Crippen LogP contribution in [0.3, 0.4) is 0 Å². The number of methoxy groups -OCH3 is 1. The first-order chi connectivity index (χ1) is 8.29. The van der Waals surface area contributed by atoms with Gasteiger partial charge in [-0.2, -0.15) is 0 Å². The quantitative estimate of drug-likeness (QED) is 0.747. The summed E-state index contributed by atoms with van der Waals surface area (Å²) in [7, 11) is 1.68. The molecule has 0 bridgehead atoms. The van der Waals surface area contributed by atoms with Crippen molar-refractivity contribution in [1.29, 1.82) is 0 Å². The third kappa shape index (κ3) is 1.60. The van der Waals surface area contributed by atoms with Gasteiger partial charge in [-0.15, -0.1) is 0 Å². The Bertz CT molecular complexity index is 599. The van der Waals surface area contributed by atoms with Crippen molar-refractivity contribution in [2.45, 2.75) is 19.3 Å². The van der Waals surface area contributed by atoms with Crippen LogP contribution in [0.1, 0.15) is 17.5 Å². The summed E-state index contributed by atoms with van der Waals surface area (Å²) in [6.45, 7) is 0. The van der Waals surface area contributed by atoms with E-state index in [1.54, 1.807) is 7.11 Å². The normalized spacial score (nSPS) is 14.8. The molecule has 2 aromatic rings. The predicted octanol–water partition coefficient (Wildman–Crippen LogP) is 2.91. The average molecular weight is 226 g/mol. The molecule has 1 aliphatic rings. The zero-order chi connectivity index (χ0) is 11.8. The standard InChI is InChI=1S/C15H14O2/c1-17-15-9-10-8-11(16)6-7-12(10)13-4-2-3-5-14(13)15/h2-5,9H,6-8H2,1H3. The van der Waals surface area contributed by atoms with Crippen molar-refractivity contribution in [2.24, 2.45) is 0 Å². The van der Waals surface area contributed by atoms with E-state index in [1.807, 2.05) is 18.2 Å². The molecule has 2 aromatic carbocycles. The first kappa shape index (κ1) is 10.3. The third-order valence-electron chi connectivity index (χ3n) is 3.47. The van der Waals surface area contributed by atoms with Crippen molar-refractivity contribution >= 4 is 16.6 Å². The van der Waals surface area contributed by atoms with Crippen molar-refractivity contribution in [3.8, 4) is 5.75 Å². The third-order valence-corrected chi connectivity index (χ3v) is 3.47. The number of carbonyl (C=O) groups is 1. The molecule has 1 aliphatic carbocycles. The summed E-state index contributed by atoms with van der Waals surface area (Å²) in [5.74, 6) is 1.20. The number of Topliss-reactive ketones (excluding diaryl/α,β-unsaturated/α-hetero) is 1. The number of aryl methyl sites for hydroxylation is 1. The van der Waals surface area contributed by atoms with Gasteiger partial charge in [0.1, 0.15) is 11.5 Å². The SMILES string of the molecule is COc1cc2c(c3ccccc13)CCC(=O)C2. The average Bonchev–Trinajstić information content (AvgIpc) is 2.37. The molecule has 0 aliphatic heterocycles. The molecular formula is C15H14O2. The molecule has 0 unspecified atom stereocenters. The highest BCUT2D eigenvalue weighted by Gasteiger charge is 2.19. The van der Waals surface area contributed by atoms with E-state index in [4.69, 9.17) is 4.74 Å². The van der Waals surface area contributed by atoms with Crippen LogP contribution < -0.4 is 4.74 Å². The molecular weight excluding hydrogens is 212 g/mol. The summed E-state index contributed by atoms with van der Waals surface area (Å²) in [6, 6.07) is 10.3. The first-order valence-electron chi connectivity index (χ1n) is 5.89. The molecule has 3 rings (SSSR count). The maximum Gasteiger partial charge on any atom is 0.137 e. The second-order valence-corrected chi connectivity index (χ2v) is 4.48. The summed E-state index contributed by atoms with van der Waals surface area (Å²) in [5.41, 5.74) is 2.46. The molecule has 0 spiro atoms. The van der Waals surface area contributed by atoms with Gasteiger partial charge in [0.2, 0.25) is 0 Å². The van der Waals surface area contributed by atoms with Gasteiger partial charge in [-0.05, 0) is 29.0 Å². The van der Waals surface area contributed by atoms with Crippen molar-refractivity contribution in [1.82, 2.24) is 0 Å². The van der Waals surface area contributed by atoms with E-state index >= 15 is 0 Å². The Balaban J connectivity index is 2.33. The fourth-order valence-electron chi connectivity index (χ4n) is 2.64. The van der Waals surface area contributed by atoms with Gasteiger partial charge >= 0.3 is 0 Å². The minimum absolute atomic E-state index is 0.329. The fourth-order valence-corrected chi connectivity index (χ4v) is 2.64. The van der Waals surface area contributed by atoms with E-state index in [9.17, 15) is 4.79 Å². The number of hydrogen-bond donors (Lipinski definition) is 0. The first-order valence-corrected chi connectivity index (χ1v) is 5.89. The lowest BCUT2D eigenvalue weighted by atomic mass is 9.86. The van der Waals surface area contributed by atoms with Crippen LogP contribution in [0, 0.1) is 0 Å². The zero-order valence-electron chi connectivity index (χ0n) is 9.82. The van der Waals surface area contributed by atoms with Crippen LogP contribution in [-0.2, 0) is 17.6 Å². The molecule has 0 fully saturated rings. The highest BCUT2D eigenvalue weighted by molar-refractivity contribution is 5.95. The summed E-state index contributed by atoms with van der Waals surface area (Å²) >= 11 is 0. The minimum Gasteiger partial charge on any atom is -0.496 e. The van der Waals surface area contributed by atoms with E-state index in [1.165, 1.54) is 10.9 Å². The second-order valence-electron chi connectivity index (χ2n) is 4.48. The molecule has 2 nitrogen and oxygen atoms in total. The van der Waals surface area contributed by atoms with E-state index in [2.05, 4.69) is 12.1 Å². The van der Waals surface area contributed by atoms with Crippen LogP contribution in [0.2, 0.25) is 0 Å². The molecule has 0 radical (unpaired) electrons. The van der Waals surface area contributed by atoms with Crippen molar-refractivity contribution in [3.05, 3.63) is 41.5 Å². The van der Waals surface area contributed by atoms with Gasteiger partial charge < -0.3 is 4.74 Å². The molecule has 17 heavy (non-hydrogen) atoms. The second kappa shape index (κ2) is 3.88. The Hall–Kier alpha value is -1.83. The van der Waals surface area contributed by atoms with Gasteiger partial charge in [-0.1, -0.05) is 24.3 Å². The van der Waals surface area contributed by atoms with Crippen molar-refractivity contribution in [2.75, 3.05) is 7.11 Å². The number of rotatable bonds is 1. The summed E-state index contributed by atoms with van der Waals surface area (Å²) in [5, 5.41) is 2.37. The maximum atomic E-state index is 11.5. The van der Waals surface area contributed by atoms with Gasteiger partial charge in [-0.25, -0.2) is 0 Å². The van der Waals surface area contributed by atoms with E-state index in [-0.39, 0.29) is 0 Å². The molecule has 2 heteroatoms. The van der Waals surface area contributed by atoms with Crippen LogP contribution >= 0.6 is 0 Å². The van der Waals surface area contributed by atoms with Gasteiger partial charge in [0.25, 0.3) is 0 Å². The molecule has 86 valence electrons. The molecule has 0 N–H and O–H groups in total. The Morgan fingerprint density at radius 2 is 1.88 bits per heavy atom. The Kier molecular flexibility index (Phi) is 2.36. The molecule has 0 saturated carbocycles. The van der Waals surface area contributed by atoms with E-state index < -0.39 is 0 Å². The zero-order valence-corrected chi connectivity index (χ0v) is 9.82. The van der Waals surface area contributed by atoms with Gasteiger partial charge in [-0.3, -0.25) is 4.79 Å². The highest BCUT2D eigenvalue weighted by Crippen LogP contribution is 2.34. The van der Waals surface area contributed by atoms with Crippen LogP contribution in [0.15, 0.2) is 30.3 Å². The maximum absolute atomic E-state index is 11.5. The number of hydrogen-bond acceptors (Lipinski definition) is 2. The highest BCUT2D eigenvalue weighted by atomic mass is 16.5. The lowest BCUT2D eigenvalue weighted by Crippen LogP contribution is -2.13. The monoisotopic (exact) mass is 226 g/mol. The number of ether oxygens (including phenoxy) is 1. The minimum atomic E-state index is 0.329. The van der Waals surface area contributed by atoms with E-state index in [0.717, 1.165) is 23.1 Å². The summed E-state index contributed by atoms with van der Waals surface area (Å²) in [6.07, 6.45) is 2.08. The molecule has 0 amide bonds. The topological polar surface area (TPSA) is 26.3 Å². The van der Waals surface area contributed by atoms with Crippen LogP contribution in [0.25, 0.3) is 10.8 Å². The Morgan fingerprint density at radius 1 is 1.12 bits per heavy atom. The van der Waals surface area contributed by atoms with Crippen LogP contribution in [-0.4, -0.2) is 12.9 Å². The lowest BCUT2D eigenvalue weighted by molar-refractivity contribution is -0.118. The number of ketones is 1. The van der Waals surface area contributed by atoms with Gasteiger partial charge in [0, 0.05) is 18.2 Å². The number of fused-ring (bicyclic) bond motifs is 3. The Morgan fingerprint density at radius 3 is 2.65 bits per heavy atom. The van der Waals surface area contributed by atoms with Crippen molar-refractivity contribution in [3.63, 3.8) is 0 Å².